The Labute approximate surface area is 197 Å². The van der Waals surface area contributed by atoms with Crippen LogP contribution < -0.4 is 14.9 Å². The van der Waals surface area contributed by atoms with Crippen molar-refractivity contribution in [1.82, 2.24) is 4.72 Å². The van der Waals surface area contributed by atoms with E-state index in [4.69, 9.17) is 16.3 Å². The first kappa shape index (κ1) is 25.3. The van der Waals surface area contributed by atoms with E-state index in [1.54, 1.807) is 26.8 Å². The molecule has 1 amide bonds. The normalized spacial score (nSPS) is 27.2. The van der Waals surface area contributed by atoms with Gasteiger partial charge in [0.1, 0.15) is 0 Å². The molecule has 1 aromatic rings. The highest BCUT2D eigenvalue weighted by Gasteiger charge is 2.34. The number of carbonyl (C=O) groups excluding carboxylic acids is 1. The van der Waals surface area contributed by atoms with Gasteiger partial charge in [-0.25, -0.2) is 13.1 Å². The van der Waals surface area contributed by atoms with Crippen LogP contribution in [0.2, 0.25) is 5.02 Å². The van der Waals surface area contributed by atoms with Crippen molar-refractivity contribution in [2.45, 2.75) is 83.3 Å². The molecule has 1 saturated carbocycles. The largest absolute Gasteiger partial charge is 0.372 e. The van der Waals surface area contributed by atoms with Crippen LogP contribution in [0.25, 0.3) is 0 Å². The van der Waals surface area contributed by atoms with Gasteiger partial charge in [0.2, 0.25) is 15.9 Å². The molecule has 1 aliphatic heterocycles. The molecule has 1 aromatic carbocycles. The Morgan fingerprint density at radius 3 is 2.22 bits per heavy atom. The maximum absolute atomic E-state index is 12.8. The highest BCUT2D eigenvalue weighted by atomic mass is 35.5. The van der Waals surface area contributed by atoms with E-state index in [2.05, 4.69) is 14.9 Å². The zero-order valence-corrected chi connectivity index (χ0v) is 21.2. The van der Waals surface area contributed by atoms with Gasteiger partial charge in [-0.2, -0.15) is 0 Å². The van der Waals surface area contributed by atoms with Crippen molar-refractivity contribution in [3.8, 4) is 0 Å². The lowest BCUT2D eigenvalue weighted by molar-refractivity contribution is -0.120. The molecule has 0 bridgehead atoms. The minimum atomic E-state index is -3.39. The molecule has 7 nitrogen and oxygen atoms in total. The van der Waals surface area contributed by atoms with Gasteiger partial charge in [-0.1, -0.05) is 11.6 Å². The highest BCUT2D eigenvalue weighted by Crippen LogP contribution is 2.32. The van der Waals surface area contributed by atoms with Crippen LogP contribution in [-0.4, -0.2) is 50.4 Å². The Kier molecular flexibility index (Phi) is 7.80. The van der Waals surface area contributed by atoms with Crippen molar-refractivity contribution in [1.29, 1.82) is 0 Å². The van der Waals surface area contributed by atoms with Gasteiger partial charge in [-0.15, -0.1) is 0 Å². The summed E-state index contributed by atoms with van der Waals surface area (Å²) in [7, 11) is -3.39. The highest BCUT2D eigenvalue weighted by molar-refractivity contribution is 7.90. The number of nitrogens with one attached hydrogen (secondary N) is 2. The Bertz CT molecular complexity index is 914. The van der Waals surface area contributed by atoms with E-state index >= 15 is 0 Å². The topological polar surface area (TPSA) is 87.7 Å². The van der Waals surface area contributed by atoms with Crippen molar-refractivity contribution in [3.63, 3.8) is 0 Å². The fraction of sp³-hybridized carbons (Fsp3) is 0.696. The number of amides is 1. The standard InChI is InChI=1S/C23H36ClN3O4S/c1-15-13-27(14-16(2)31-15)21-11-10-19(12-20(21)24)25-22(28)17-6-8-18(9-7-17)26-32(29,30)23(3,4)5/h10-12,15-18,26H,6-9,13-14H2,1-5H3,(H,25,28)/t15-,16+,17-,18-. The average molecular weight is 486 g/mol. The van der Waals surface area contributed by atoms with Crippen molar-refractivity contribution in [2.24, 2.45) is 5.92 Å². The first-order chi connectivity index (χ1) is 14.9. The van der Waals surface area contributed by atoms with Gasteiger partial charge in [0.05, 0.1) is 27.7 Å². The fourth-order valence-electron chi connectivity index (χ4n) is 4.33. The summed E-state index contributed by atoms with van der Waals surface area (Å²) in [6, 6.07) is 5.51. The molecule has 2 N–H and O–H groups in total. The fourth-order valence-corrected chi connectivity index (χ4v) is 5.66. The molecule has 0 radical (unpaired) electrons. The lowest BCUT2D eigenvalue weighted by atomic mass is 9.86. The molecule has 2 fully saturated rings. The van der Waals surface area contributed by atoms with Gasteiger partial charge >= 0.3 is 0 Å². The molecular weight excluding hydrogens is 450 g/mol. The number of nitrogens with zero attached hydrogens (tertiary/aromatic N) is 1. The number of benzene rings is 1. The summed E-state index contributed by atoms with van der Waals surface area (Å²) in [4.78, 5) is 15.0. The van der Waals surface area contributed by atoms with E-state index < -0.39 is 14.8 Å². The molecule has 2 aliphatic rings. The van der Waals surface area contributed by atoms with E-state index in [-0.39, 0.29) is 30.1 Å². The van der Waals surface area contributed by atoms with E-state index in [9.17, 15) is 13.2 Å². The number of anilines is 2. The summed E-state index contributed by atoms with van der Waals surface area (Å²) in [5.74, 6) is -0.177. The minimum Gasteiger partial charge on any atom is -0.372 e. The van der Waals surface area contributed by atoms with Gasteiger partial charge in [-0.05, 0) is 78.5 Å². The van der Waals surface area contributed by atoms with Crippen LogP contribution >= 0.6 is 11.6 Å². The second kappa shape index (κ2) is 9.87. The van der Waals surface area contributed by atoms with Crippen LogP contribution in [0.3, 0.4) is 0 Å². The maximum Gasteiger partial charge on any atom is 0.227 e. The van der Waals surface area contributed by atoms with Crippen molar-refractivity contribution in [2.75, 3.05) is 23.3 Å². The first-order valence-electron chi connectivity index (χ1n) is 11.4. The molecule has 0 spiro atoms. The lowest BCUT2D eigenvalue weighted by Gasteiger charge is -2.37. The molecule has 0 aromatic heterocycles. The second-order valence-corrected chi connectivity index (χ2v) is 13.0. The van der Waals surface area contributed by atoms with E-state index in [0.717, 1.165) is 18.8 Å². The molecule has 3 rings (SSSR count). The predicted octanol–water partition coefficient (Wildman–Crippen LogP) is 4.17. The number of morpholine rings is 1. The molecule has 180 valence electrons. The minimum absolute atomic E-state index is 0.0421. The third-order valence-electron chi connectivity index (χ3n) is 6.20. The average Bonchev–Trinajstić information content (AvgIpc) is 2.66. The first-order valence-corrected chi connectivity index (χ1v) is 13.2. The maximum atomic E-state index is 12.8. The van der Waals surface area contributed by atoms with Gasteiger partial charge in [0.15, 0.2) is 0 Å². The van der Waals surface area contributed by atoms with Crippen LogP contribution in [0.4, 0.5) is 11.4 Å². The summed E-state index contributed by atoms with van der Waals surface area (Å²) in [5, 5.41) is 3.58. The molecule has 2 atom stereocenters. The van der Waals surface area contributed by atoms with E-state index in [1.807, 2.05) is 26.0 Å². The van der Waals surface area contributed by atoms with Crippen molar-refractivity contribution < 1.29 is 17.9 Å². The number of sulfonamides is 1. The predicted molar refractivity (Wildman–Crippen MR) is 130 cm³/mol. The van der Waals surface area contributed by atoms with Crippen LogP contribution in [-0.2, 0) is 19.6 Å². The Morgan fingerprint density at radius 1 is 1.09 bits per heavy atom. The van der Waals surface area contributed by atoms with Crippen molar-refractivity contribution >= 4 is 38.9 Å². The monoisotopic (exact) mass is 485 g/mol. The van der Waals surface area contributed by atoms with Gasteiger partial charge < -0.3 is 15.0 Å². The second-order valence-electron chi connectivity index (χ2n) is 10.1. The van der Waals surface area contributed by atoms with Crippen LogP contribution in [0.5, 0.6) is 0 Å². The lowest BCUT2D eigenvalue weighted by Crippen LogP contribution is -2.46. The Morgan fingerprint density at radius 2 is 1.69 bits per heavy atom. The molecular formula is C23H36ClN3O4S. The zero-order chi connectivity index (χ0) is 23.7. The number of hydrogen-bond acceptors (Lipinski definition) is 5. The summed E-state index contributed by atoms with van der Waals surface area (Å²) >= 11 is 6.55. The molecule has 32 heavy (non-hydrogen) atoms. The van der Waals surface area contributed by atoms with Crippen LogP contribution in [0, 0.1) is 5.92 Å². The van der Waals surface area contributed by atoms with Crippen LogP contribution in [0.15, 0.2) is 18.2 Å². The summed E-state index contributed by atoms with van der Waals surface area (Å²) < 4.78 is 32.5. The van der Waals surface area contributed by atoms with Gasteiger partial charge in [-0.3, -0.25) is 4.79 Å². The smallest absolute Gasteiger partial charge is 0.227 e. The van der Waals surface area contributed by atoms with Gasteiger partial charge in [0.25, 0.3) is 0 Å². The SMILES string of the molecule is C[C@@H]1CN(c2ccc(NC(=O)[C@H]3CC[C@H](NS(=O)(=O)C(C)(C)C)CC3)cc2Cl)C[C@H](C)O1. The number of ether oxygens (including phenoxy) is 1. The number of hydrogen-bond donors (Lipinski definition) is 2. The molecule has 0 unspecified atom stereocenters. The van der Waals surface area contributed by atoms with Crippen LogP contribution in [0.1, 0.15) is 60.3 Å². The van der Waals surface area contributed by atoms with Crippen molar-refractivity contribution in [3.05, 3.63) is 23.2 Å². The zero-order valence-electron chi connectivity index (χ0n) is 19.7. The summed E-state index contributed by atoms with van der Waals surface area (Å²) in [5.41, 5.74) is 1.62. The molecule has 9 heteroatoms. The Balaban J connectivity index is 1.55. The molecule has 1 saturated heterocycles. The third kappa shape index (κ3) is 6.16. The Hall–Kier alpha value is -1.35. The summed E-state index contributed by atoms with van der Waals surface area (Å²) in [6.07, 6.45) is 2.88. The van der Waals surface area contributed by atoms with E-state index in [0.29, 0.717) is 36.4 Å². The summed E-state index contributed by atoms with van der Waals surface area (Å²) in [6.45, 7) is 10.7. The van der Waals surface area contributed by atoms with E-state index in [1.165, 1.54) is 0 Å². The van der Waals surface area contributed by atoms with Gasteiger partial charge in [0, 0.05) is 30.7 Å². The number of halogens is 1. The number of carbonyl (C=O) groups is 1. The number of rotatable bonds is 5. The third-order valence-corrected chi connectivity index (χ3v) is 8.76. The molecule has 1 aliphatic carbocycles. The molecule has 1 heterocycles. The quantitative estimate of drug-likeness (QED) is 0.653.